The van der Waals surface area contributed by atoms with Gasteiger partial charge >= 0.3 is 5.97 Å². The van der Waals surface area contributed by atoms with Crippen LogP contribution in [0, 0.1) is 17.8 Å². The number of carbonyl (C=O) groups excluding carboxylic acids is 2. The highest BCUT2D eigenvalue weighted by molar-refractivity contribution is 5.94. The van der Waals surface area contributed by atoms with Crippen molar-refractivity contribution in [3.05, 3.63) is 35.5 Å². The van der Waals surface area contributed by atoms with Gasteiger partial charge in [0.25, 0.3) is 0 Å². The first-order valence-electron chi connectivity index (χ1n) is 10.4. The van der Waals surface area contributed by atoms with E-state index in [0.717, 1.165) is 6.42 Å². The molecule has 0 bridgehead atoms. The average Bonchev–Trinajstić information content (AvgIpc) is 3.08. The van der Waals surface area contributed by atoms with Crippen LogP contribution in [0.1, 0.15) is 29.4 Å². The lowest BCUT2D eigenvalue weighted by Crippen LogP contribution is -2.39. The minimum atomic E-state index is -0.650. The smallest absolute Gasteiger partial charge is 0.359 e. The van der Waals surface area contributed by atoms with Crippen LogP contribution >= 0.6 is 0 Å². The Balaban J connectivity index is 1.67. The predicted molar refractivity (Wildman–Crippen MR) is 116 cm³/mol. The van der Waals surface area contributed by atoms with Crippen molar-refractivity contribution in [2.24, 2.45) is 5.92 Å². The number of ether oxygens (including phenoxy) is 3. The third-order valence-electron chi connectivity index (χ3n) is 5.20. The Morgan fingerprint density at radius 1 is 1.34 bits per heavy atom. The summed E-state index contributed by atoms with van der Waals surface area (Å²) in [7, 11) is 1.78. The monoisotopic (exact) mass is 436 g/mol. The van der Waals surface area contributed by atoms with E-state index < -0.39 is 5.97 Å². The van der Waals surface area contributed by atoms with E-state index in [1.54, 1.807) is 31.0 Å². The van der Waals surface area contributed by atoms with Gasteiger partial charge in [-0.25, -0.2) is 9.78 Å². The third kappa shape index (κ3) is 4.50. The molecule has 2 saturated heterocycles. The van der Waals surface area contributed by atoms with Gasteiger partial charge in [0.1, 0.15) is 17.7 Å². The molecule has 2 aliphatic heterocycles. The summed E-state index contributed by atoms with van der Waals surface area (Å²) in [5.74, 6) is 5.58. The molecule has 9 heteroatoms. The van der Waals surface area contributed by atoms with Gasteiger partial charge in [0.2, 0.25) is 11.8 Å². The highest BCUT2D eigenvalue weighted by atomic mass is 16.6. The molecule has 0 unspecified atom stereocenters. The third-order valence-corrected chi connectivity index (χ3v) is 5.20. The van der Waals surface area contributed by atoms with E-state index in [2.05, 4.69) is 21.8 Å². The first-order chi connectivity index (χ1) is 15.5. The molecule has 1 aromatic carbocycles. The van der Waals surface area contributed by atoms with Gasteiger partial charge in [0, 0.05) is 24.7 Å². The van der Waals surface area contributed by atoms with Gasteiger partial charge in [-0.1, -0.05) is 24.0 Å². The second-order valence-corrected chi connectivity index (χ2v) is 7.56. The van der Waals surface area contributed by atoms with Crippen LogP contribution in [0.2, 0.25) is 0 Å². The lowest BCUT2D eigenvalue weighted by Gasteiger charge is -2.27. The Labute approximate surface area is 185 Å². The van der Waals surface area contributed by atoms with Crippen LogP contribution < -0.4 is 10.5 Å². The summed E-state index contributed by atoms with van der Waals surface area (Å²) in [6, 6.07) is 7.25. The number of nitrogens with two attached hydrogens (primary N) is 1. The number of nitrogen functional groups attached to an aromatic ring is 1. The maximum absolute atomic E-state index is 12.4. The van der Waals surface area contributed by atoms with Crippen LogP contribution in [-0.4, -0.2) is 66.3 Å². The van der Waals surface area contributed by atoms with E-state index >= 15 is 0 Å². The maximum atomic E-state index is 12.4. The Kier molecular flexibility index (Phi) is 6.23. The standard InChI is InChI=1S/C23H24N4O5/c1-3-31-23(29)19-18(24)21(32-17-12-30-13-17)26-20(25-19)16-6-4-5-14(11-16)7-8-15-9-10-27(2)22(15)28/h4-6,11,15,17H,3,9-10,12-13,24H2,1-2H3/t15-/m1/s1. The van der Waals surface area contributed by atoms with Gasteiger partial charge in [-0.05, 0) is 25.5 Å². The van der Waals surface area contributed by atoms with Gasteiger partial charge in [-0.2, -0.15) is 4.98 Å². The molecule has 3 heterocycles. The molecule has 0 aliphatic carbocycles. The van der Waals surface area contributed by atoms with Crippen molar-refractivity contribution < 1.29 is 23.8 Å². The number of aromatic nitrogens is 2. The highest BCUT2D eigenvalue weighted by Crippen LogP contribution is 2.29. The Morgan fingerprint density at radius 3 is 2.81 bits per heavy atom. The summed E-state index contributed by atoms with van der Waals surface area (Å²) >= 11 is 0. The van der Waals surface area contributed by atoms with E-state index in [1.165, 1.54) is 0 Å². The summed E-state index contributed by atoms with van der Waals surface area (Å²) in [5.41, 5.74) is 7.42. The second kappa shape index (κ2) is 9.24. The minimum absolute atomic E-state index is 0.0268. The number of hydrogen-bond acceptors (Lipinski definition) is 8. The van der Waals surface area contributed by atoms with Crippen molar-refractivity contribution in [1.29, 1.82) is 0 Å². The molecular weight excluding hydrogens is 412 g/mol. The number of amides is 1. The number of esters is 1. The Bertz CT molecular complexity index is 1100. The molecule has 1 atom stereocenters. The number of nitrogens with zero attached hydrogens (tertiary/aromatic N) is 3. The molecule has 1 amide bonds. The molecule has 2 aliphatic rings. The number of likely N-dealkylation sites (tertiary alicyclic amines) is 1. The quantitative estimate of drug-likeness (QED) is 0.554. The lowest BCUT2D eigenvalue weighted by atomic mass is 10.1. The van der Waals surface area contributed by atoms with Gasteiger partial charge in [-0.3, -0.25) is 4.79 Å². The summed E-state index contributed by atoms with van der Waals surface area (Å²) in [6.45, 7) is 3.45. The number of carbonyl (C=O) groups is 2. The highest BCUT2D eigenvalue weighted by Gasteiger charge is 2.28. The lowest BCUT2D eigenvalue weighted by molar-refractivity contribution is -0.128. The fraction of sp³-hybridized carbons (Fsp3) is 0.391. The van der Waals surface area contributed by atoms with Crippen LogP contribution in [0.25, 0.3) is 11.4 Å². The first kappa shape index (κ1) is 21.6. The van der Waals surface area contributed by atoms with Crippen molar-refractivity contribution in [2.45, 2.75) is 19.4 Å². The molecule has 0 radical (unpaired) electrons. The summed E-state index contributed by atoms with van der Waals surface area (Å²) < 4.78 is 16.0. The van der Waals surface area contributed by atoms with Crippen LogP contribution in [0.5, 0.6) is 5.88 Å². The fourth-order valence-electron chi connectivity index (χ4n) is 3.33. The van der Waals surface area contributed by atoms with Gasteiger partial charge < -0.3 is 24.8 Å². The molecule has 2 N–H and O–H groups in total. The van der Waals surface area contributed by atoms with E-state index in [4.69, 9.17) is 19.9 Å². The van der Waals surface area contributed by atoms with Crippen LogP contribution in [0.15, 0.2) is 24.3 Å². The average molecular weight is 436 g/mol. The number of anilines is 1. The van der Waals surface area contributed by atoms with E-state index in [9.17, 15) is 9.59 Å². The SMILES string of the molecule is CCOC(=O)c1nc(-c2cccc(C#C[C@@H]3CCN(C)C3=O)c2)nc(OC2COC2)c1N. The van der Waals surface area contributed by atoms with Crippen LogP contribution in [-0.2, 0) is 14.3 Å². The first-order valence-corrected chi connectivity index (χ1v) is 10.4. The van der Waals surface area contributed by atoms with E-state index in [-0.39, 0.29) is 47.6 Å². The van der Waals surface area contributed by atoms with Gasteiger partial charge in [0.15, 0.2) is 11.5 Å². The molecule has 2 aromatic rings. The van der Waals surface area contributed by atoms with Crippen molar-refractivity contribution >= 4 is 17.6 Å². The Morgan fingerprint density at radius 2 is 2.16 bits per heavy atom. The summed E-state index contributed by atoms with van der Waals surface area (Å²) in [4.78, 5) is 35.0. The largest absolute Gasteiger partial charge is 0.468 e. The molecule has 0 saturated carbocycles. The molecular formula is C23H24N4O5. The number of hydrogen-bond donors (Lipinski definition) is 1. The van der Waals surface area contributed by atoms with Crippen LogP contribution in [0.4, 0.5) is 5.69 Å². The molecule has 1 aromatic heterocycles. The Hall–Kier alpha value is -3.64. The van der Waals surface area contributed by atoms with E-state index in [0.29, 0.717) is 30.9 Å². The van der Waals surface area contributed by atoms with Gasteiger partial charge in [-0.15, -0.1) is 0 Å². The normalized spacial score (nSPS) is 18.0. The minimum Gasteiger partial charge on any atom is -0.468 e. The number of rotatable bonds is 5. The van der Waals surface area contributed by atoms with Gasteiger partial charge in [0.05, 0.1) is 19.8 Å². The van der Waals surface area contributed by atoms with Crippen LogP contribution in [0.3, 0.4) is 0 Å². The molecule has 4 rings (SSSR count). The van der Waals surface area contributed by atoms with E-state index in [1.807, 2.05) is 12.1 Å². The molecule has 9 nitrogen and oxygen atoms in total. The van der Waals surface area contributed by atoms with Crippen molar-refractivity contribution in [1.82, 2.24) is 14.9 Å². The molecule has 32 heavy (non-hydrogen) atoms. The molecule has 166 valence electrons. The zero-order valence-corrected chi connectivity index (χ0v) is 18.0. The van der Waals surface area contributed by atoms with Crippen molar-refractivity contribution in [3.8, 4) is 29.1 Å². The fourth-order valence-corrected chi connectivity index (χ4v) is 3.33. The molecule has 2 fully saturated rings. The topological polar surface area (TPSA) is 117 Å². The maximum Gasteiger partial charge on any atom is 0.359 e. The predicted octanol–water partition coefficient (Wildman–Crippen LogP) is 1.51. The zero-order chi connectivity index (χ0) is 22.7. The second-order valence-electron chi connectivity index (χ2n) is 7.56. The van der Waals surface area contributed by atoms with Crippen molar-refractivity contribution in [3.63, 3.8) is 0 Å². The zero-order valence-electron chi connectivity index (χ0n) is 18.0. The summed E-state index contributed by atoms with van der Waals surface area (Å²) in [6.07, 6.45) is 0.534. The van der Waals surface area contributed by atoms with Crippen molar-refractivity contribution in [2.75, 3.05) is 39.1 Å². The molecule has 0 spiro atoms. The summed E-state index contributed by atoms with van der Waals surface area (Å²) in [5, 5.41) is 0. The number of benzene rings is 1.